The Morgan fingerprint density at radius 2 is 1.95 bits per heavy atom. The van der Waals surface area contributed by atoms with E-state index in [1.165, 1.54) is 0 Å². The van der Waals surface area contributed by atoms with Crippen LogP contribution in [-0.2, 0) is 0 Å². The molecule has 3 nitrogen and oxygen atoms in total. The Balaban J connectivity index is 1.91. The molecule has 0 unspecified atom stereocenters. The van der Waals surface area contributed by atoms with E-state index in [9.17, 15) is 5.11 Å². The zero-order valence-electron chi connectivity index (χ0n) is 11.7. The van der Waals surface area contributed by atoms with E-state index in [1.54, 1.807) is 18.5 Å². The van der Waals surface area contributed by atoms with Crippen molar-refractivity contribution in [3.63, 3.8) is 0 Å². The van der Waals surface area contributed by atoms with E-state index in [4.69, 9.17) is 0 Å². The Labute approximate surface area is 123 Å². The molecule has 2 N–H and O–H groups in total. The largest absolute Gasteiger partial charge is 0.507 e. The molecule has 3 heteroatoms. The summed E-state index contributed by atoms with van der Waals surface area (Å²) in [4.78, 5) is 4.23. The van der Waals surface area contributed by atoms with Gasteiger partial charge in [-0.15, -0.1) is 0 Å². The molecular formula is C18H16N2O. The van der Waals surface area contributed by atoms with Crippen LogP contribution in [0.15, 0.2) is 60.9 Å². The van der Waals surface area contributed by atoms with Crippen molar-refractivity contribution in [1.29, 1.82) is 0 Å². The Bertz CT molecular complexity index is 809. The van der Waals surface area contributed by atoms with Crippen LogP contribution in [0.5, 0.6) is 5.75 Å². The van der Waals surface area contributed by atoms with Crippen molar-refractivity contribution in [2.75, 3.05) is 5.32 Å². The summed E-state index contributed by atoms with van der Waals surface area (Å²) >= 11 is 0. The number of nitrogens with zero attached hydrogens (tertiary/aromatic N) is 1. The average Bonchev–Trinajstić information content (AvgIpc) is 2.50. The quantitative estimate of drug-likeness (QED) is 0.748. The van der Waals surface area contributed by atoms with Crippen LogP contribution in [0.1, 0.15) is 11.1 Å². The normalized spacial score (nSPS) is 11.1. The number of hydrogen-bond donors (Lipinski definition) is 2. The van der Waals surface area contributed by atoms with Crippen LogP contribution in [0.4, 0.5) is 5.82 Å². The predicted molar refractivity (Wildman–Crippen MR) is 87.2 cm³/mol. The summed E-state index contributed by atoms with van der Waals surface area (Å²) in [5, 5.41) is 15.3. The van der Waals surface area contributed by atoms with Crippen molar-refractivity contribution in [1.82, 2.24) is 4.98 Å². The van der Waals surface area contributed by atoms with Crippen molar-refractivity contribution in [2.45, 2.75) is 6.92 Å². The van der Waals surface area contributed by atoms with Gasteiger partial charge in [0.2, 0.25) is 0 Å². The molecule has 0 atom stereocenters. The van der Waals surface area contributed by atoms with Gasteiger partial charge in [0.1, 0.15) is 11.6 Å². The lowest BCUT2D eigenvalue weighted by atomic mass is 10.0. The van der Waals surface area contributed by atoms with Crippen LogP contribution in [0.3, 0.4) is 0 Å². The summed E-state index contributed by atoms with van der Waals surface area (Å²) in [5.41, 5.74) is 1.95. The van der Waals surface area contributed by atoms with Gasteiger partial charge in [0.15, 0.2) is 0 Å². The van der Waals surface area contributed by atoms with Gasteiger partial charge in [0.25, 0.3) is 0 Å². The minimum Gasteiger partial charge on any atom is -0.507 e. The molecule has 104 valence electrons. The number of pyridine rings is 1. The lowest BCUT2D eigenvalue weighted by molar-refractivity contribution is 0.475. The molecule has 3 aromatic rings. The molecule has 0 saturated heterocycles. The van der Waals surface area contributed by atoms with Crippen LogP contribution in [0.2, 0.25) is 0 Å². The van der Waals surface area contributed by atoms with Gasteiger partial charge in [0, 0.05) is 18.0 Å². The highest BCUT2D eigenvalue weighted by Crippen LogP contribution is 2.28. The molecule has 1 heterocycles. The second kappa shape index (κ2) is 5.67. The van der Waals surface area contributed by atoms with Crippen molar-refractivity contribution in [3.8, 4) is 5.75 Å². The fraction of sp³-hybridized carbons (Fsp3) is 0.0556. The third kappa shape index (κ3) is 2.87. The standard InChI is InChI=1S/C18H16N2O/c1-13-8-10-19-18(12-13)20-11-9-16-15-5-3-2-4-14(15)6-7-17(16)21/h2-12,21H,1H3,(H,19,20)/b11-9+. The summed E-state index contributed by atoms with van der Waals surface area (Å²) < 4.78 is 0. The monoisotopic (exact) mass is 276 g/mol. The van der Waals surface area contributed by atoms with Crippen LogP contribution < -0.4 is 5.32 Å². The van der Waals surface area contributed by atoms with Crippen molar-refractivity contribution < 1.29 is 5.11 Å². The number of fused-ring (bicyclic) bond motifs is 1. The van der Waals surface area contributed by atoms with Gasteiger partial charge in [-0.2, -0.15) is 0 Å². The smallest absolute Gasteiger partial charge is 0.130 e. The van der Waals surface area contributed by atoms with Crippen molar-refractivity contribution in [2.24, 2.45) is 0 Å². The van der Waals surface area contributed by atoms with Gasteiger partial charge >= 0.3 is 0 Å². The lowest BCUT2D eigenvalue weighted by Crippen LogP contribution is -1.91. The summed E-state index contributed by atoms with van der Waals surface area (Å²) in [6.07, 6.45) is 5.42. The minimum atomic E-state index is 0.268. The maximum absolute atomic E-state index is 10.1. The highest BCUT2D eigenvalue weighted by Gasteiger charge is 2.03. The van der Waals surface area contributed by atoms with Gasteiger partial charge in [-0.3, -0.25) is 0 Å². The number of nitrogens with one attached hydrogen (secondary N) is 1. The molecule has 0 saturated carbocycles. The Morgan fingerprint density at radius 3 is 2.81 bits per heavy atom. The number of benzene rings is 2. The number of aromatic hydroxyl groups is 1. The molecular weight excluding hydrogens is 260 g/mol. The predicted octanol–water partition coefficient (Wildman–Crippen LogP) is 4.33. The number of anilines is 1. The summed E-state index contributed by atoms with van der Waals surface area (Å²) in [6.45, 7) is 2.02. The van der Waals surface area contributed by atoms with Gasteiger partial charge in [-0.1, -0.05) is 30.3 Å². The third-order valence-electron chi connectivity index (χ3n) is 3.34. The summed E-state index contributed by atoms with van der Waals surface area (Å²) in [7, 11) is 0. The number of rotatable bonds is 3. The van der Waals surface area contributed by atoms with E-state index in [2.05, 4.69) is 10.3 Å². The SMILES string of the molecule is Cc1ccnc(N/C=C/c2c(O)ccc3ccccc23)c1. The molecule has 1 aromatic heterocycles. The molecule has 21 heavy (non-hydrogen) atoms. The van der Waals surface area contributed by atoms with Crippen LogP contribution in [0.25, 0.3) is 16.8 Å². The second-order valence-electron chi connectivity index (χ2n) is 4.92. The molecule has 0 amide bonds. The molecule has 3 rings (SSSR count). The number of aryl methyl sites for hydroxylation is 1. The molecule has 0 bridgehead atoms. The first-order chi connectivity index (χ1) is 10.2. The Morgan fingerprint density at radius 1 is 1.10 bits per heavy atom. The molecule has 0 spiro atoms. The maximum Gasteiger partial charge on any atom is 0.130 e. The van der Waals surface area contributed by atoms with Crippen molar-refractivity contribution >= 4 is 22.7 Å². The molecule has 0 aliphatic carbocycles. The average molecular weight is 276 g/mol. The molecule has 0 aliphatic rings. The number of hydrogen-bond acceptors (Lipinski definition) is 3. The fourth-order valence-electron chi connectivity index (χ4n) is 2.28. The van der Waals surface area contributed by atoms with Crippen LogP contribution in [-0.4, -0.2) is 10.1 Å². The Kier molecular flexibility index (Phi) is 3.56. The topological polar surface area (TPSA) is 45.2 Å². The van der Waals surface area contributed by atoms with E-state index in [-0.39, 0.29) is 5.75 Å². The zero-order valence-corrected chi connectivity index (χ0v) is 11.7. The summed E-state index contributed by atoms with van der Waals surface area (Å²) in [6, 6.07) is 15.5. The highest BCUT2D eigenvalue weighted by atomic mass is 16.3. The number of phenols is 1. The van der Waals surface area contributed by atoms with E-state index in [1.807, 2.05) is 55.5 Å². The van der Waals surface area contributed by atoms with Gasteiger partial charge in [-0.25, -0.2) is 4.98 Å². The lowest BCUT2D eigenvalue weighted by Gasteiger charge is -2.05. The van der Waals surface area contributed by atoms with Gasteiger partial charge in [-0.05, 0) is 47.5 Å². The molecule has 0 fully saturated rings. The second-order valence-corrected chi connectivity index (χ2v) is 4.92. The molecule has 2 aromatic carbocycles. The van der Waals surface area contributed by atoms with Crippen LogP contribution in [0, 0.1) is 6.92 Å². The minimum absolute atomic E-state index is 0.268. The first kappa shape index (κ1) is 13.2. The van der Waals surface area contributed by atoms with E-state index >= 15 is 0 Å². The zero-order chi connectivity index (χ0) is 14.7. The highest BCUT2D eigenvalue weighted by molar-refractivity contribution is 5.93. The van der Waals surface area contributed by atoms with E-state index in [0.717, 1.165) is 27.7 Å². The summed E-state index contributed by atoms with van der Waals surface area (Å²) in [5.74, 6) is 1.05. The molecule has 0 aliphatic heterocycles. The third-order valence-corrected chi connectivity index (χ3v) is 3.34. The van der Waals surface area contributed by atoms with E-state index < -0.39 is 0 Å². The Hall–Kier alpha value is -2.81. The fourth-order valence-corrected chi connectivity index (χ4v) is 2.28. The van der Waals surface area contributed by atoms with Crippen molar-refractivity contribution in [3.05, 3.63) is 72.1 Å². The van der Waals surface area contributed by atoms with E-state index in [0.29, 0.717) is 0 Å². The maximum atomic E-state index is 10.1. The number of phenolic OH excluding ortho intramolecular Hbond substituents is 1. The van der Waals surface area contributed by atoms with Gasteiger partial charge < -0.3 is 10.4 Å². The molecule has 0 radical (unpaired) electrons. The first-order valence-corrected chi connectivity index (χ1v) is 6.80. The van der Waals surface area contributed by atoms with Crippen LogP contribution >= 0.6 is 0 Å². The number of aromatic nitrogens is 1. The van der Waals surface area contributed by atoms with Gasteiger partial charge in [0.05, 0.1) is 0 Å². The first-order valence-electron chi connectivity index (χ1n) is 6.80.